The molecule has 0 saturated heterocycles. The number of nitrogens with one attached hydrogen (secondary N) is 2. The van der Waals surface area contributed by atoms with Crippen LogP contribution in [0.2, 0.25) is 0 Å². The van der Waals surface area contributed by atoms with Crippen LogP contribution in [0.15, 0.2) is 4.99 Å². The summed E-state index contributed by atoms with van der Waals surface area (Å²) in [7, 11) is 0. The molecule has 1 aliphatic carbocycles. The maximum absolute atomic E-state index is 4.81. The molecule has 152 valence electrons. The molecular weight excluding hydrogens is 336 g/mol. The zero-order valence-electron chi connectivity index (χ0n) is 17.3. The lowest BCUT2D eigenvalue weighted by atomic mass is 9.81. The topological polar surface area (TPSA) is 67.1 Å². The number of nitrogens with zero attached hydrogens (tertiary/aromatic N) is 4. The standard InChI is InChI=1S/C21H38N6/c1-3-22-21(23-13-11-18-9-7-8-17(2)16-18)24-14-12-20-26-25-19-10-5-4-6-15-27(19)20/h17-18H,3-16H2,1-2H3,(H2,22,23,24). The van der Waals surface area contributed by atoms with E-state index < -0.39 is 0 Å². The van der Waals surface area contributed by atoms with Gasteiger partial charge >= 0.3 is 0 Å². The summed E-state index contributed by atoms with van der Waals surface area (Å²) in [5.41, 5.74) is 0. The highest BCUT2D eigenvalue weighted by molar-refractivity contribution is 5.79. The lowest BCUT2D eigenvalue weighted by Gasteiger charge is -2.26. The van der Waals surface area contributed by atoms with Gasteiger partial charge in [-0.2, -0.15) is 0 Å². The van der Waals surface area contributed by atoms with E-state index in [0.717, 1.165) is 62.6 Å². The van der Waals surface area contributed by atoms with Crippen LogP contribution >= 0.6 is 0 Å². The van der Waals surface area contributed by atoms with Crippen LogP contribution in [0.3, 0.4) is 0 Å². The van der Waals surface area contributed by atoms with Crippen molar-refractivity contribution in [2.45, 2.75) is 84.6 Å². The Morgan fingerprint density at radius 2 is 2.07 bits per heavy atom. The Labute approximate surface area is 164 Å². The Morgan fingerprint density at radius 1 is 1.15 bits per heavy atom. The first-order chi connectivity index (χ1) is 13.3. The van der Waals surface area contributed by atoms with Gasteiger partial charge in [-0.1, -0.05) is 32.6 Å². The van der Waals surface area contributed by atoms with Crippen LogP contribution in [0.25, 0.3) is 0 Å². The van der Waals surface area contributed by atoms with Gasteiger partial charge in [-0.3, -0.25) is 4.99 Å². The molecule has 2 N–H and O–H groups in total. The summed E-state index contributed by atoms with van der Waals surface area (Å²) in [6.45, 7) is 8.26. The molecule has 2 aliphatic rings. The molecule has 2 unspecified atom stereocenters. The average Bonchev–Trinajstić information content (AvgIpc) is 2.88. The molecule has 1 saturated carbocycles. The van der Waals surface area contributed by atoms with Crippen LogP contribution in [0.4, 0.5) is 0 Å². The van der Waals surface area contributed by atoms with E-state index in [4.69, 9.17) is 4.99 Å². The fourth-order valence-corrected chi connectivity index (χ4v) is 4.55. The highest BCUT2D eigenvalue weighted by atomic mass is 15.3. The lowest BCUT2D eigenvalue weighted by Crippen LogP contribution is -2.38. The average molecular weight is 375 g/mol. The van der Waals surface area contributed by atoms with Crippen molar-refractivity contribution in [1.82, 2.24) is 25.4 Å². The number of hydrogen-bond acceptors (Lipinski definition) is 3. The van der Waals surface area contributed by atoms with Gasteiger partial charge in [-0.05, 0) is 44.4 Å². The van der Waals surface area contributed by atoms with E-state index in [2.05, 4.69) is 39.2 Å². The second-order valence-electron chi connectivity index (χ2n) is 8.36. The molecule has 0 spiro atoms. The first-order valence-electron chi connectivity index (χ1n) is 11.2. The molecule has 3 rings (SSSR count). The molecule has 1 aromatic heterocycles. The zero-order chi connectivity index (χ0) is 18.9. The van der Waals surface area contributed by atoms with E-state index in [9.17, 15) is 0 Å². The van der Waals surface area contributed by atoms with Crippen molar-refractivity contribution >= 4 is 5.96 Å². The fourth-order valence-electron chi connectivity index (χ4n) is 4.55. The maximum atomic E-state index is 4.81. The van der Waals surface area contributed by atoms with Crippen molar-refractivity contribution < 1.29 is 0 Å². The molecule has 2 atom stereocenters. The highest BCUT2D eigenvalue weighted by Gasteiger charge is 2.18. The summed E-state index contributed by atoms with van der Waals surface area (Å²) in [5.74, 6) is 5.00. The second kappa shape index (κ2) is 10.7. The van der Waals surface area contributed by atoms with Gasteiger partial charge in [0.15, 0.2) is 5.96 Å². The van der Waals surface area contributed by atoms with Crippen LogP contribution in [0, 0.1) is 11.8 Å². The monoisotopic (exact) mass is 374 g/mol. The second-order valence-corrected chi connectivity index (χ2v) is 8.36. The third-order valence-corrected chi connectivity index (χ3v) is 6.02. The molecule has 0 radical (unpaired) electrons. The molecular formula is C21H38N6. The summed E-state index contributed by atoms with van der Waals surface area (Å²) in [5, 5.41) is 15.7. The Kier molecular flexibility index (Phi) is 7.96. The Morgan fingerprint density at radius 3 is 2.93 bits per heavy atom. The SMILES string of the molecule is CCNC(=NCCC1CCCC(C)C1)NCCc1nnc2n1CCCCC2. The maximum Gasteiger partial charge on any atom is 0.191 e. The molecule has 2 heterocycles. The van der Waals surface area contributed by atoms with Gasteiger partial charge in [0.05, 0.1) is 0 Å². The van der Waals surface area contributed by atoms with E-state index in [0.29, 0.717) is 0 Å². The number of rotatable bonds is 7. The van der Waals surface area contributed by atoms with Crippen LogP contribution in [0.5, 0.6) is 0 Å². The van der Waals surface area contributed by atoms with Crippen LogP contribution < -0.4 is 10.6 Å². The largest absolute Gasteiger partial charge is 0.357 e. The van der Waals surface area contributed by atoms with Gasteiger partial charge in [0, 0.05) is 39.0 Å². The van der Waals surface area contributed by atoms with Crippen molar-refractivity contribution in [3.63, 3.8) is 0 Å². The molecule has 6 nitrogen and oxygen atoms in total. The predicted molar refractivity (Wildman–Crippen MR) is 111 cm³/mol. The molecule has 1 fully saturated rings. The fraction of sp³-hybridized carbons (Fsp3) is 0.857. The van der Waals surface area contributed by atoms with Gasteiger partial charge in [0.2, 0.25) is 0 Å². The number of aromatic nitrogens is 3. The first-order valence-corrected chi connectivity index (χ1v) is 11.2. The third kappa shape index (κ3) is 6.22. The molecule has 27 heavy (non-hydrogen) atoms. The van der Waals surface area contributed by atoms with Gasteiger partial charge in [0.1, 0.15) is 11.6 Å². The van der Waals surface area contributed by atoms with E-state index in [1.54, 1.807) is 0 Å². The summed E-state index contributed by atoms with van der Waals surface area (Å²) < 4.78 is 2.34. The smallest absolute Gasteiger partial charge is 0.191 e. The summed E-state index contributed by atoms with van der Waals surface area (Å²) >= 11 is 0. The van der Waals surface area contributed by atoms with Gasteiger partial charge in [-0.25, -0.2) is 0 Å². The minimum Gasteiger partial charge on any atom is -0.357 e. The molecule has 1 aromatic rings. The lowest BCUT2D eigenvalue weighted by molar-refractivity contribution is 0.272. The van der Waals surface area contributed by atoms with Gasteiger partial charge in [0.25, 0.3) is 0 Å². The molecule has 0 aromatic carbocycles. The van der Waals surface area contributed by atoms with Crippen LogP contribution in [0.1, 0.15) is 76.9 Å². The Bertz CT molecular complexity index is 593. The van der Waals surface area contributed by atoms with Crippen molar-refractivity contribution in [2.24, 2.45) is 16.8 Å². The Hall–Kier alpha value is -1.59. The third-order valence-electron chi connectivity index (χ3n) is 6.02. The number of hydrogen-bond donors (Lipinski definition) is 2. The highest BCUT2D eigenvalue weighted by Crippen LogP contribution is 2.30. The quantitative estimate of drug-likeness (QED) is 0.567. The number of aryl methyl sites for hydroxylation is 1. The van der Waals surface area contributed by atoms with Crippen LogP contribution in [-0.4, -0.2) is 40.4 Å². The van der Waals surface area contributed by atoms with E-state index in [-0.39, 0.29) is 0 Å². The number of aliphatic imine (C=N–C) groups is 1. The number of fused-ring (bicyclic) bond motifs is 1. The van der Waals surface area contributed by atoms with Crippen molar-refractivity contribution in [3.8, 4) is 0 Å². The van der Waals surface area contributed by atoms with E-state index in [1.807, 2.05) is 0 Å². The first kappa shape index (κ1) is 20.2. The molecule has 0 amide bonds. The van der Waals surface area contributed by atoms with E-state index in [1.165, 1.54) is 57.2 Å². The van der Waals surface area contributed by atoms with Crippen LogP contribution in [-0.2, 0) is 19.4 Å². The van der Waals surface area contributed by atoms with Crippen molar-refractivity contribution in [3.05, 3.63) is 11.6 Å². The van der Waals surface area contributed by atoms with Crippen molar-refractivity contribution in [2.75, 3.05) is 19.6 Å². The van der Waals surface area contributed by atoms with Gasteiger partial charge in [-0.15, -0.1) is 10.2 Å². The summed E-state index contributed by atoms with van der Waals surface area (Å²) in [4.78, 5) is 4.81. The minimum atomic E-state index is 0.852. The summed E-state index contributed by atoms with van der Waals surface area (Å²) in [6, 6.07) is 0. The normalized spacial score (nSPS) is 23.6. The van der Waals surface area contributed by atoms with Gasteiger partial charge < -0.3 is 15.2 Å². The zero-order valence-corrected chi connectivity index (χ0v) is 17.3. The summed E-state index contributed by atoms with van der Waals surface area (Å²) in [6.07, 6.45) is 12.6. The molecule has 6 heteroatoms. The minimum absolute atomic E-state index is 0.852. The molecule has 1 aliphatic heterocycles. The number of guanidine groups is 1. The Balaban J connectivity index is 1.44. The van der Waals surface area contributed by atoms with E-state index >= 15 is 0 Å². The van der Waals surface area contributed by atoms with Crippen molar-refractivity contribution in [1.29, 1.82) is 0 Å². The predicted octanol–water partition coefficient (Wildman–Crippen LogP) is 3.32. The molecule has 0 bridgehead atoms.